The van der Waals surface area contributed by atoms with Crippen LogP contribution in [0, 0.1) is 0 Å². The molecule has 178 valence electrons. The zero-order valence-electron chi connectivity index (χ0n) is 19.5. The molecule has 2 aliphatic heterocycles. The number of carbonyl (C=O) groups is 2. The molecule has 2 heterocycles. The van der Waals surface area contributed by atoms with Gasteiger partial charge in [-0.05, 0) is 53.5 Å². The van der Waals surface area contributed by atoms with Crippen LogP contribution in [0.1, 0.15) is 58.2 Å². The van der Waals surface area contributed by atoms with E-state index in [1.807, 2.05) is 12.1 Å². The first-order chi connectivity index (χ1) is 16.7. The standard InChI is InChI=1S/C28H23ClO6/c1-28(2,3)19-6-4-16(5-7-19)27(31)34-21-8-9-22-23(13-21)35-24(25(22)30)12-17-10-20(29)11-18-14-32-15-33-26(17)18/h4-13H,14-15H2,1-3H3. The number of ether oxygens (including phenoxy) is 4. The van der Waals surface area contributed by atoms with Gasteiger partial charge in [-0.1, -0.05) is 44.5 Å². The molecule has 0 bridgehead atoms. The van der Waals surface area contributed by atoms with Gasteiger partial charge in [0.2, 0.25) is 5.78 Å². The quantitative estimate of drug-likeness (QED) is 0.242. The lowest BCUT2D eigenvalue weighted by molar-refractivity contribution is -0.0165. The van der Waals surface area contributed by atoms with Crippen molar-refractivity contribution in [2.45, 2.75) is 32.8 Å². The molecule has 0 N–H and O–H groups in total. The van der Waals surface area contributed by atoms with Crippen molar-refractivity contribution in [3.8, 4) is 17.2 Å². The van der Waals surface area contributed by atoms with E-state index in [4.69, 9.17) is 30.5 Å². The monoisotopic (exact) mass is 490 g/mol. The Morgan fingerprint density at radius 1 is 1.06 bits per heavy atom. The van der Waals surface area contributed by atoms with Gasteiger partial charge in [0, 0.05) is 22.2 Å². The van der Waals surface area contributed by atoms with Gasteiger partial charge in [-0.15, -0.1) is 0 Å². The molecule has 0 radical (unpaired) electrons. The Balaban J connectivity index is 1.36. The molecular formula is C28H23ClO6. The second-order valence-electron chi connectivity index (χ2n) is 9.41. The largest absolute Gasteiger partial charge is 0.467 e. The summed E-state index contributed by atoms with van der Waals surface area (Å²) in [5.41, 5.74) is 3.34. The zero-order valence-corrected chi connectivity index (χ0v) is 20.3. The highest BCUT2D eigenvalue weighted by Gasteiger charge is 2.29. The Bertz CT molecular complexity index is 1370. The van der Waals surface area contributed by atoms with Crippen molar-refractivity contribution in [3.05, 3.63) is 93.2 Å². The topological polar surface area (TPSA) is 71.1 Å². The second kappa shape index (κ2) is 8.87. The van der Waals surface area contributed by atoms with E-state index < -0.39 is 5.97 Å². The molecule has 5 rings (SSSR count). The number of hydrogen-bond donors (Lipinski definition) is 0. The molecule has 0 aromatic heterocycles. The maximum atomic E-state index is 12.9. The van der Waals surface area contributed by atoms with Crippen LogP contribution in [-0.2, 0) is 16.8 Å². The predicted molar refractivity (Wildman–Crippen MR) is 131 cm³/mol. The second-order valence-corrected chi connectivity index (χ2v) is 9.84. The highest BCUT2D eigenvalue weighted by atomic mass is 35.5. The first-order valence-corrected chi connectivity index (χ1v) is 11.5. The van der Waals surface area contributed by atoms with Gasteiger partial charge in [-0.2, -0.15) is 0 Å². The summed E-state index contributed by atoms with van der Waals surface area (Å²) in [6.07, 6.45) is 1.60. The fourth-order valence-electron chi connectivity index (χ4n) is 3.96. The Kier molecular flexibility index (Phi) is 5.87. The van der Waals surface area contributed by atoms with Crippen molar-refractivity contribution in [1.82, 2.24) is 0 Å². The van der Waals surface area contributed by atoms with E-state index in [-0.39, 0.29) is 29.5 Å². The van der Waals surface area contributed by atoms with Crippen LogP contribution in [0.5, 0.6) is 17.2 Å². The fraction of sp³-hybridized carbons (Fsp3) is 0.214. The molecule has 0 atom stereocenters. The molecule has 2 aliphatic rings. The Hall–Kier alpha value is -3.61. The summed E-state index contributed by atoms with van der Waals surface area (Å²) in [4.78, 5) is 25.6. The lowest BCUT2D eigenvalue weighted by Gasteiger charge is -2.20. The maximum Gasteiger partial charge on any atom is 0.343 e. The summed E-state index contributed by atoms with van der Waals surface area (Å²) in [7, 11) is 0. The Labute approximate surface area is 208 Å². The maximum absolute atomic E-state index is 12.9. The number of halogens is 1. The van der Waals surface area contributed by atoms with Crippen molar-refractivity contribution in [2.24, 2.45) is 0 Å². The van der Waals surface area contributed by atoms with Crippen molar-refractivity contribution < 1.29 is 28.5 Å². The third-order valence-electron chi connectivity index (χ3n) is 5.83. The number of fused-ring (bicyclic) bond motifs is 2. The van der Waals surface area contributed by atoms with Crippen molar-refractivity contribution >= 4 is 29.4 Å². The molecule has 0 unspecified atom stereocenters. The smallest absolute Gasteiger partial charge is 0.343 e. The van der Waals surface area contributed by atoms with E-state index in [9.17, 15) is 9.59 Å². The Morgan fingerprint density at radius 3 is 2.57 bits per heavy atom. The summed E-state index contributed by atoms with van der Waals surface area (Å²) < 4.78 is 22.3. The summed E-state index contributed by atoms with van der Waals surface area (Å²) in [6.45, 7) is 6.81. The number of hydrogen-bond acceptors (Lipinski definition) is 6. The van der Waals surface area contributed by atoms with Gasteiger partial charge >= 0.3 is 5.97 Å². The van der Waals surface area contributed by atoms with Crippen LogP contribution in [0.15, 0.2) is 60.4 Å². The zero-order chi connectivity index (χ0) is 24.7. The third kappa shape index (κ3) is 4.67. The molecule has 7 heteroatoms. The average Bonchev–Trinajstić information content (AvgIpc) is 3.13. The van der Waals surface area contributed by atoms with Gasteiger partial charge in [0.05, 0.1) is 17.7 Å². The van der Waals surface area contributed by atoms with Crippen molar-refractivity contribution in [3.63, 3.8) is 0 Å². The van der Waals surface area contributed by atoms with Gasteiger partial charge in [0.1, 0.15) is 17.2 Å². The number of esters is 1. The summed E-state index contributed by atoms with van der Waals surface area (Å²) in [5, 5.41) is 0.498. The molecule has 0 amide bonds. The number of rotatable bonds is 3. The molecule has 0 aliphatic carbocycles. The molecule has 0 saturated carbocycles. The number of benzene rings is 3. The molecule has 6 nitrogen and oxygen atoms in total. The van der Waals surface area contributed by atoms with Gasteiger partial charge in [-0.3, -0.25) is 4.79 Å². The first kappa shape index (κ1) is 23.1. The number of Topliss-reactive ketones (excluding diaryl/α,β-unsaturated/α-hetero) is 1. The number of ketones is 1. The minimum Gasteiger partial charge on any atom is -0.467 e. The molecule has 0 fully saturated rings. The van der Waals surface area contributed by atoms with E-state index in [2.05, 4.69) is 20.8 Å². The van der Waals surface area contributed by atoms with E-state index in [0.717, 1.165) is 11.1 Å². The number of carbonyl (C=O) groups excluding carboxylic acids is 2. The Morgan fingerprint density at radius 2 is 1.83 bits per heavy atom. The van der Waals surface area contributed by atoms with Gasteiger partial charge in [0.15, 0.2) is 12.6 Å². The van der Waals surface area contributed by atoms with E-state index in [1.165, 1.54) is 6.07 Å². The summed E-state index contributed by atoms with van der Waals surface area (Å²) >= 11 is 6.23. The molecule has 3 aromatic carbocycles. The first-order valence-electron chi connectivity index (χ1n) is 11.1. The normalized spacial score (nSPS) is 15.8. The average molecular weight is 491 g/mol. The highest BCUT2D eigenvalue weighted by molar-refractivity contribution is 6.31. The molecular weight excluding hydrogens is 468 g/mol. The summed E-state index contributed by atoms with van der Waals surface area (Å²) in [6, 6.07) is 15.5. The lowest BCUT2D eigenvalue weighted by atomic mass is 9.87. The molecule has 0 saturated heterocycles. The molecule has 0 spiro atoms. The van der Waals surface area contributed by atoms with E-state index in [1.54, 1.807) is 42.5 Å². The molecule has 3 aromatic rings. The lowest BCUT2D eigenvalue weighted by Crippen LogP contribution is -2.12. The van der Waals surface area contributed by atoms with Crippen LogP contribution < -0.4 is 14.2 Å². The van der Waals surface area contributed by atoms with Gasteiger partial charge in [-0.25, -0.2) is 4.79 Å². The predicted octanol–water partition coefficient (Wildman–Crippen LogP) is 6.34. The minimum atomic E-state index is -0.490. The highest BCUT2D eigenvalue weighted by Crippen LogP contribution is 2.38. The fourth-order valence-corrected chi connectivity index (χ4v) is 4.21. The van der Waals surface area contributed by atoms with Gasteiger partial charge < -0.3 is 18.9 Å². The van der Waals surface area contributed by atoms with E-state index >= 15 is 0 Å². The number of allylic oxidation sites excluding steroid dienone is 1. The van der Waals surface area contributed by atoms with E-state index in [0.29, 0.717) is 39.8 Å². The third-order valence-corrected chi connectivity index (χ3v) is 6.05. The van der Waals surface area contributed by atoms with Crippen LogP contribution in [0.2, 0.25) is 5.02 Å². The SMILES string of the molecule is CC(C)(C)c1ccc(C(=O)Oc2ccc3c(c2)OC(=Cc2cc(Cl)cc4c2OCOC4)C3=O)cc1. The van der Waals surface area contributed by atoms with Gasteiger partial charge in [0.25, 0.3) is 0 Å². The van der Waals surface area contributed by atoms with Crippen LogP contribution in [0.3, 0.4) is 0 Å². The van der Waals surface area contributed by atoms with Crippen molar-refractivity contribution in [1.29, 1.82) is 0 Å². The summed E-state index contributed by atoms with van der Waals surface area (Å²) in [5.74, 6) is 0.554. The van der Waals surface area contributed by atoms with Crippen LogP contribution in [0.25, 0.3) is 6.08 Å². The van der Waals surface area contributed by atoms with Crippen molar-refractivity contribution in [2.75, 3.05) is 6.79 Å². The van der Waals surface area contributed by atoms with Crippen LogP contribution >= 0.6 is 11.6 Å². The van der Waals surface area contributed by atoms with Crippen LogP contribution in [0.4, 0.5) is 0 Å². The van der Waals surface area contributed by atoms with Crippen LogP contribution in [-0.4, -0.2) is 18.5 Å². The minimum absolute atomic E-state index is 0.0121. The molecule has 35 heavy (non-hydrogen) atoms.